The van der Waals surface area contributed by atoms with Gasteiger partial charge in [0.2, 0.25) is 11.8 Å². The fraction of sp³-hybridized carbons (Fsp3) is 0.250. The molecule has 0 unspecified atom stereocenters. The number of fused-ring (bicyclic) bond motifs is 1. The van der Waals surface area contributed by atoms with Gasteiger partial charge in [0.25, 0.3) is 0 Å². The van der Waals surface area contributed by atoms with E-state index in [9.17, 15) is 9.59 Å². The van der Waals surface area contributed by atoms with Crippen LogP contribution in [-0.4, -0.2) is 37.6 Å². The number of nitrogens with one attached hydrogen (secondary N) is 1. The lowest BCUT2D eigenvalue weighted by Crippen LogP contribution is -2.28. The lowest BCUT2D eigenvalue weighted by Gasteiger charge is -2.16. The molecule has 8 heteroatoms. The van der Waals surface area contributed by atoms with Crippen molar-refractivity contribution in [3.8, 4) is 11.5 Å². The number of aromatic nitrogens is 1. The summed E-state index contributed by atoms with van der Waals surface area (Å²) >= 11 is 1.38. The summed E-state index contributed by atoms with van der Waals surface area (Å²) in [5.74, 6) is 0.772. The van der Waals surface area contributed by atoms with Crippen molar-refractivity contribution in [3.05, 3.63) is 42.5 Å². The summed E-state index contributed by atoms with van der Waals surface area (Å²) in [6.45, 7) is 0.343. The highest BCUT2D eigenvalue weighted by Gasteiger charge is 2.35. The zero-order valence-corrected chi connectivity index (χ0v) is 16.3. The van der Waals surface area contributed by atoms with Crippen molar-refractivity contribution in [2.75, 3.05) is 31.0 Å². The highest BCUT2D eigenvalue weighted by molar-refractivity contribution is 7.22. The van der Waals surface area contributed by atoms with Crippen molar-refractivity contribution in [2.24, 2.45) is 5.92 Å². The molecule has 144 valence electrons. The first-order chi connectivity index (χ1) is 13.6. The van der Waals surface area contributed by atoms with Crippen LogP contribution in [0.3, 0.4) is 0 Å². The van der Waals surface area contributed by atoms with Crippen LogP contribution in [-0.2, 0) is 9.59 Å². The lowest BCUT2D eigenvalue weighted by atomic mass is 10.1. The molecule has 0 radical (unpaired) electrons. The van der Waals surface area contributed by atoms with Gasteiger partial charge in [0.1, 0.15) is 11.5 Å². The Labute approximate surface area is 165 Å². The van der Waals surface area contributed by atoms with Crippen LogP contribution in [0.15, 0.2) is 42.5 Å². The minimum atomic E-state index is -0.420. The van der Waals surface area contributed by atoms with Crippen molar-refractivity contribution < 1.29 is 19.1 Å². The Morgan fingerprint density at radius 1 is 1.14 bits per heavy atom. The normalized spacial score (nSPS) is 16.4. The maximum atomic E-state index is 12.7. The molecule has 3 aromatic rings. The van der Waals surface area contributed by atoms with E-state index in [0.29, 0.717) is 11.7 Å². The highest BCUT2D eigenvalue weighted by Crippen LogP contribution is 2.31. The molecule has 0 saturated carbocycles. The average molecular weight is 397 g/mol. The van der Waals surface area contributed by atoms with Gasteiger partial charge in [0.05, 0.1) is 30.4 Å². The topological polar surface area (TPSA) is 80.8 Å². The molecule has 7 nitrogen and oxygen atoms in total. The monoisotopic (exact) mass is 397 g/mol. The molecule has 0 spiro atoms. The predicted octanol–water partition coefficient (Wildman–Crippen LogP) is 3.31. The number of ether oxygens (including phenoxy) is 2. The Bertz CT molecular complexity index is 1030. The first-order valence-corrected chi connectivity index (χ1v) is 9.59. The van der Waals surface area contributed by atoms with Gasteiger partial charge < -0.3 is 19.7 Å². The fourth-order valence-electron chi connectivity index (χ4n) is 3.19. The molecule has 1 N–H and O–H groups in total. The number of benzene rings is 2. The van der Waals surface area contributed by atoms with Crippen LogP contribution in [0.25, 0.3) is 10.2 Å². The van der Waals surface area contributed by atoms with E-state index in [-0.39, 0.29) is 18.2 Å². The van der Waals surface area contributed by atoms with Gasteiger partial charge >= 0.3 is 0 Å². The first-order valence-electron chi connectivity index (χ1n) is 8.77. The Balaban J connectivity index is 1.45. The first kappa shape index (κ1) is 18.2. The largest absolute Gasteiger partial charge is 0.497 e. The van der Waals surface area contributed by atoms with Crippen LogP contribution in [0.2, 0.25) is 0 Å². The molecule has 4 rings (SSSR count). The number of thiazole rings is 1. The molecule has 2 heterocycles. The van der Waals surface area contributed by atoms with E-state index in [0.717, 1.165) is 27.4 Å². The van der Waals surface area contributed by atoms with Crippen LogP contribution in [0, 0.1) is 5.92 Å². The number of hydrogen-bond acceptors (Lipinski definition) is 6. The van der Waals surface area contributed by atoms with Gasteiger partial charge in [-0.15, -0.1) is 0 Å². The third-order valence-corrected chi connectivity index (χ3v) is 5.64. The number of hydrogen-bond donors (Lipinski definition) is 1. The molecule has 0 aliphatic carbocycles. The minimum Gasteiger partial charge on any atom is -0.497 e. The molecule has 28 heavy (non-hydrogen) atoms. The van der Waals surface area contributed by atoms with E-state index in [4.69, 9.17) is 9.47 Å². The second-order valence-electron chi connectivity index (χ2n) is 6.45. The molecule has 2 aromatic carbocycles. The smallest absolute Gasteiger partial charge is 0.231 e. The van der Waals surface area contributed by atoms with Crippen LogP contribution in [0.4, 0.5) is 10.8 Å². The van der Waals surface area contributed by atoms with Gasteiger partial charge in [-0.2, -0.15) is 0 Å². The van der Waals surface area contributed by atoms with Crippen molar-refractivity contribution >= 4 is 44.2 Å². The number of amides is 2. The van der Waals surface area contributed by atoms with Crippen LogP contribution < -0.4 is 19.7 Å². The van der Waals surface area contributed by atoms with Gasteiger partial charge in [-0.25, -0.2) is 4.98 Å². The Kier molecular flexibility index (Phi) is 4.87. The lowest BCUT2D eigenvalue weighted by molar-refractivity contribution is -0.122. The maximum absolute atomic E-state index is 12.7. The van der Waals surface area contributed by atoms with Gasteiger partial charge in [0.15, 0.2) is 5.13 Å². The predicted molar refractivity (Wildman–Crippen MR) is 108 cm³/mol. The van der Waals surface area contributed by atoms with E-state index in [1.807, 2.05) is 30.3 Å². The maximum Gasteiger partial charge on any atom is 0.231 e. The molecular weight excluding hydrogens is 378 g/mol. The summed E-state index contributed by atoms with van der Waals surface area (Å²) in [5.41, 5.74) is 1.55. The van der Waals surface area contributed by atoms with Gasteiger partial charge in [0, 0.05) is 18.7 Å². The third-order valence-electron chi connectivity index (χ3n) is 4.71. The van der Waals surface area contributed by atoms with Gasteiger partial charge in [-0.3, -0.25) is 9.59 Å². The summed E-state index contributed by atoms with van der Waals surface area (Å²) in [6, 6.07) is 12.8. The number of carbonyl (C=O) groups is 2. The molecule has 2 amide bonds. The molecule has 1 saturated heterocycles. The van der Waals surface area contributed by atoms with E-state index in [1.54, 1.807) is 31.3 Å². The summed E-state index contributed by atoms with van der Waals surface area (Å²) < 4.78 is 11.3. The van der Waals surface area contributed by atoms with Crippen molar-refractivity contribution in [2.45, 2.75) is 6.42 Å². The SMILES string of the molecule is COc1ccc(N2C[C@H](C(=O)Nc3nc4ccc(OC)cc4s3)CC2=O)cc1. The minimum absolute atomic E-state index is 0.0700. The molecule has 1 atom stereocenters. The molecule has 1 aliphatic heterocycles. The molecule has 1 aliphatic rings. The Morgan fingerprint density at radius 2 is 1.86 bits per heavy atom. The van der Waals surface area contributed by atoms with Crippen molar-refractivity contribution in [1.82, 2.24) is 4.98 Å². The molecule has 1 fully saturated rings. The number of rotatable bonds is 5. The Hall–Kier alpha value is -3.13. The van der Waals surface area contributed by atoms with Crippen LogP contribution in [0.5, 0.6) is 11.5 Å². The van der Waals surface area contributed by atoms with E-state index in [1.165, 1.54) is 11.3 Å². The highest BCUT2D eigenvalue weighted by atomic mass is 32.1. The second-order valence-corrected chi connectivity index (χ2v) is 7.48. The quantitative estimate of drug-likeness (QED) is 0.714. The van der Waals surface area contributed by atoms with Crippen molar-refractivity contribution in [1.29, 1.82) is 0 Å². The van der Waals surface area contributed by atoms with E-state index >= 15 is 0 Å². The molecule has 1 aromatic heterocycles. The zero-order valence-electron chi connectivity index (χ0n) is 15.5. The van der Waals surface area contributed by atoms with E-state index < -0.39 is 5.92 Å². The number of nitrogens with zero attached hydrogens (tertiary/aromatic N) is 2. The summed E-state index contributed by atoms with van der Waals surface area (Å²) in [4.78, 5) is 31.1. The van der Waals surface area contributed by atoms with Crippen LogP contribution in [0.1, 0.15) is 6.42 Å². The van der Waals surface area contributed by atoms with Crippen LogP contribution >= 0.6 is 11.3 Å². The standard InChI is InChI=1S/C20H19N3O4S/c1-26-14-5-3-13(4-6-14)23-11-12(9-18(23)24)19(25)22-20-21-16-8-7-15(27-2)10-17(16)28-20/h3-8,10,12H,9,11H2,1-2H3,(H,21,22,25)/t12-/m1/s1. The second kappa shape index (κ2) is 7.47. The zero-order chi connectivity index (χ0) is 19.7. The van der Waals surface area contributed by atoms with Crippen molar-refractivity contribution in [3.63, 3.8) is 0 Å². The number of carbonyl (C=O) groups excluding carboxylic acids is 2. The fourth-order valence-corrected chi connectivity index (χ4v) is 4.08. The Morgan fingerprint density at radius 3 is 2.57 bits per heavy atom. The third kappa shape index (κ3) is 3.50. The summed E-state index contributed by atoms with van der Waals surface area (Å²) in [7, 11) is 3.20. The number of anilines is 2. The van der Waals surface area contributed by atoms with Gasteiger partial charge in [-0.05, 0) is 42.5 Å². The van der Waals surface area contributed by atoms with Gasteiger partial charge in [-0.1, -0.05) is 11.3 Å². The average Bonchev–Trinajstić information content (AvgIpc) is 3.30. The van der Waals surface area contributed by atoms with E-state index in [2.05, 4.69) is 10.3 Å². The number of methoxy groups -OCH3 is 2. The molecule has 0 bridgehead atoms. The molecular formula is C20H19N3O4S. The summed E-state index contributed by atoms with van der Waals surface area (Å²) in [5, 5.41) is 3.37. The summed E-state index contributed by atoms with van der Waals surface area (Å²) in [6.07, 6.45) is 0.177.